The van der Waals surface area contributed by atoms with Crippen molar-refractivity contribution in [1.29, 1.82) is 0 Å². The van der Waals surface area contributed by atoms with Gasteiger partial charge >= 0.3 is 0 Å². The molecule has 0 amide bonds. The van der Waals surface area contributed by atoms with Gasteiger partial charge in [-0.05, 0) is 35.3 Å². The predicted octanol–water partition coefficient (Wildman–Crippen LogP) is 0.766. The molecule has 17 heavy (non-hydrogen) atoms. The summed E-state index contributed by atoms with van der Waals surface area (Å²) in [7, 11) is 0. The molecular weight excluding hydrogens is 220 g/mol. The van der Waals surface area contributed by atoms with E-state index in [0.717, 1.165) is 31.6 Å². The van der Waals surface area contributed by atoms with Gasteiger partial charge in [0.1, 0.15) is 0 Å². The fourth-order valence-corrected chi connectivity index (χ4v) is 2.23. The molecule has 2 aromatic rings. The van der Waals surface area contributed by atoms with E-state index in [9.17, 15) is 5.11 Å². The molecular formula is C11H14N4O2. The van der Waals surface area contributed by atoms with Gasteiger partial charge in [0.2, 0.25) is 0 Å². The summed E-state index contributed by atoms with van der Waals surface area (Å²) in [5, 5.41) is 17.2. The molecule has 0 unspecified atom stereocenters. The number of aromatic nitrogens is 2. The number of nitrogens with two attached hydrogens (primary N) is 1. The van der Waals surface area contributed by atoms with E-state index in [1.165, 1.54) is 0 Å². The quantitative estimate of drug-likeness (QED) is 0.708. The summed E-state index contributed by atoms with van der Waals surface area (Å²) in [5.41, 5.74) is 8.65. The molecule has 1 saturated heterocycles. The first kappa shape index (κ1) is 10.3. The molecule has 0 atom stereocenters. The minimum absolute atomic E-state index is 0.189. The lowest BCUT2D eigenvalue weighted by Crippen LogP contribution is -2.35. The Labute approximate surface area is 98.0 Å². The Hall–Kier alpha value is -1.82. The summed E-state index contributed by atoms with van der Waals surface area (Å²) in [6.07, 6.45) is 1.36. The topological polar surface area (TPSA) is 88.4 Å². The highest BCUT2D eigenvalue weighted by Crippen LogP contribution is 2.30. The minimum Gasteiger partial charge on any atom is -0.397 e. The third-order valence-electron chi connectivity index (χ3n) is 3.23. The fraction of sp³-hybridized carbons (Fsp3) is 0.455. The SMILES string of the molecule is Nc1ccc(N2CCC(O)CC2)c2nonc12. The van der Waals surface area contributed by atoms with Crippen molar-refractivity contribution in [3.05, 3.63) is 12.1 Å². The normalized spacial score (nSPS) is 17.8. The lowest BCUT2D eigenvalue weighted by molar-refractivity contribution is 0.145. The van der Waals surface area contributed by atoms with E-state index in [0.29, 0.717) is 16.7 Å². The maximum Gasteiger partial charge on any atom is 0.160 e. The van der Waals surface area contributed by atoms with Gasteiger partial charge in [0.05, 0.1) is 17.5 Å². The van der Waals surface area contributed by atoms with Crippen molar-refractivity contribution in [2.45, 2.75) is 18.9 Å². The first-order chi connectivity index (χ1) is 8.25. The number of hydrogen-bond acceptors (Lipinski definition) is 6. The highest BCUT2D eigenvalue weighted by Gasteiger charge is 2.21. The number of rotatable bonds is 1. The smallest absolute Gasteiger partial charge is 0.160 e. The van der Waals surface area contributed by atoms with E-state index in [4.69, 9.17) is 10.4 Å². The monoisotopic (exact) mass is 234 g/mol. The van der Waals surface area contributed by atoms with Crippen molar-refractivity contribution in [1.82, 2.24) is 10.3 Å². The van der Waals surface area contributed by atoms with Gasteiger partial charge in [-0.2, -0.15) is 0 Å². The van der Waals surface area contributed by atoms with Crippen LogP contribution in [0.25, 0.3) is 11.0 Å². The van der Waals surface area contributed by atoms with Crippen LogP contribution in [-0.2, 0) is 0 Å². The average molecular weight is 234 g/mol. The van der Waals surface area contributed by atoms with Crippen molar-refractivity contribution in [3.8, 4) is 0 Å². The molecule has 0 bridgehead atoms. The molecule has 6 nitrogen and oxygen atoms in total. The zero-order valence-electron chi connectivity index (χ0n) is 9.33. The highest BCUT2D eigenvalue weighted by molar-refractivity contribution is 5.95. The first-order valence-electron chi connectivity index (χ1n) is 5.69. The van der Waals surface area contributed by atoms with Crippen LogP contribution < -0.4 is 10.6 Å². The molecule has 3 N–H and O–H groups in total. The third kappa shape index (κ3) is 1.70. The second-order valence-electron chi connectivity index (χ2n) is 4.35. The van der Waals surface area contributed by atoms with Crippen LogP contribution in [0.1, 0.15) is 12.8 Å². The number of nitrogens with zero attached hydrogens (tertiary/aromatic N) is 3. The molecule has 2 heterocycles. The van der Waals surface area contributed by atoms with E-state index in [2.05, 4.69) is 15.2 Å². The van der Waals surface area contributed by atoms with Crippen LogP contribution in [0.4, 0.5) is 11.4 Å². The van der Waals surface area contributed by atoms with Crippen molar-refractivity contribution < 1.29 is 9.74 Å². The van der Waals surface area contributed by atoms with E-state index < -0.39 is 0 Å². The number of nitrogen functional groups attached to an aromatic ring is 1. The Morgan fingerprint density at radius 3 is 2.71 bits per heavy atom. The minimum atomic E-state index is -0.189. The molecule has 3 rings (SSSR count). The maximum atomic E-state index is 9.50. The second-order valence-corrected chi connectivity index (χ2v) is 4.35. The standard InChI is InChI=1S/C11H14N4O2/c12-8-1-2-9(11-10(8)13-17-14-11)15-5-3-7(16)4-6-15/h1-2,7,16H,3-6,12H2. The molecule has 1 aliphatic heterocycles. The maximum absolute atomic E-state index is 9.50. The summed E-state index contributed by atoms with van der Waals surface area (Å²) in [6, 6.07) is 3.74. The van der Waals surface area contributed by atoms with Crippen LogP contribution in [0.15, 0.2) is 16.8 Å². The second kappa shape index (κ2) is 3.89. The lowest BCUT2D eigenvalue weighted by Gasteiger charge is -2.31. The van der Waals surface area contributed by atoms with Gasteiger partial charge in [-0.15, -0.1) is 0 Å². The number of benzene rings is 1. The van der Waals surface area contributed by atoms with Gasteiger partial charge in [0, 0.05) is 13.1 Å². The molecule has 0 aliphatic carbocycles. The number of fused-ring (bicyclic) bond motifs is 1. The Morgan fingerprint density at radius 1 is 1.24 bits per heavy atom. The van der Waals surface area contributed by atoms with Crippen LogP contribution in [0.2, 0.25) is 0 Å². The van der Waals surface area contributed by atoms with E-state index in [-0.39, 0.29) is 6.10 Å². The highest BCUT2D eigenvalue weighted by atomic mass is 16.6. The molecule has 90 valence electrons. The zero-order chi connectivity index (χ0) is 11.8. The van der Waals surface area contributed by atoms with Crippen molar-refractivity contribution in [2.75, 3.05) is 23.7 Å². The van der Waals surface area contributed by atoms with Crippen LogP contribution in [0, 0.1) is 0 Å². The summed E-state index contributed by atoms with van der Waals surface area (Å²) in [4.78, 5) is 2.18. The first-order valence-corrected chi connectivity index (χ1v) is 5.69. The summed E-state index contributed by atoms with van der Waals surface area (Å²) in [6.45, 7) is 1.63. The molecule has 1 aliphatic rings. The average Bonchev–Trinajstić information content (AvgIpc) is 2.81. The van der Waals surface area contributed by atoms with Crippen molar-refractivity contribution in [3.63, 3.8) is 0 Å². The molecule has 0 saturated carbocycles. The predicted molar refractivity (Wildman–Crippen MR) is 63.7 cm³/mol. The van der Waals surface area contributed by atoms with Crippen LogP contribution in [-0.4, -0.2) is 34.6 Å². The van der Waals surface area contributed by atoms with E-state index in [1.807, 2.05) is 12.1 Å². The van der Waals surface area contributed by atoms with Crippen LogP contribution >= 0.6 is 0 Å². The van der Waals surface area contributed by atoms with Crippen molar-refractivity contribution in [2.24, 2.45) is 0 Å². The molecule has 0 spiro atoms. The molecule has 0 radical (unpaired) electrons. The van der Waals surface area contributed by atoms with Crippen LogP contribution in [0.3, 0.4) is 0 Å². The van der Waals surface area contributed by atoms with Gasteiger partial charge in [-0.1, -0.05) is 0 Å². The summed E-state index contributed by atoms with van der Waals surface area (Å²) >= 11 is 0. The van der Waals surface area contributed by atoms with Crippen molar-refractivity contribution >= 4 is 22.4 Å². The van der Waals surface area contributed by atoms with Gasteiger partial charge in [0.15, 0.2) is 11.0 Å². The summed E-state index contributed by atoms with van der Waals surface area (Å²) in [5.74, 6) is 0. The molecule has 6 heteroatoms. The van der Waals surface area contributed by atoms with Crippen LogP contribution in [0.5, 0.6) is 0 Å². The number of anilines is 2. The van der Waals surface area contributed by atoms with Gasteiger partial charge in [0.25, 0.3) is 0 Å². The number of hydrogen-bond donors (Lipinski definition) is 2. The molecule has 1 aromatic carbocycles. The Kier molecular flexibility index (Phi) is 2.36. The largest absolute Gasteiger partial charge is 0.397 e. The van der Waals surface area contributed by atoms with Gasteiger partial charge < -0.3 is 15.7 Å². The van der Waals surface area contributed by atoms with E-state index in [1.54, 1.807) is 0 Å². The number of piperidine rings is 1. The summed E-state index contributed by atoms with van der Waals surface area (Å²) < 4.78 is 4.74. The van der Waals surface area contributed by atoms with Gasteiger partial charge in [-0.3, -0.25) is 0 Å². The Bertz CT molecular complexity index is 531. The van der Waals surface area contributed by atoms with Gasteiger partial charge in [-0.25, -0.2) is 4.63 Å². The number of aliphatic hydroxyl groups is 1. The third-order valence-corrected chi connectivity index (χ3v) is 3.23. The number of aliphatic hydroxyl groups excluding tert-OH is 1. The Morgan fingerprint density at radius 2 is 1.94 bits per heavy atom. The molecule has 1 aromatic heterocycles. The fourth-order valence-electron chi connectivity index (χ4n) is 2.23. The zero-order valence-corrected chi connectivity index (χ0v) is 9.33. The molecule has 1 fully saturated rings. The Balaban J connectivity index is 2.00. The lowest BCUT2D eigenvalue weighted by atomic mass is 10.1. The van der Waals surface area contributed by atoms with E-state index >= 15 is 0 Å².